The summed E-state index contributed by atoms with van der Waals surface area (Å²) in [7, 11) is -9.47. The maximum atomic E-state index is 13.9. The Morgan fingerprint density at radius 2 is 0.841 bits per heavy atom. The molecule has 0 spiro atoms. The minimum absolute atomic E-state index is 0. The largest absolute Gasteiger partial charge is 0.507 e. The van der Waals surface area contributed by atoms with E-state index >= 15 is 0 Å². The van der Waals surface area contributed by atoms with Crippen molar-refractivity contribution in [3.05, 3.63) is 94.0 Å². The fourth-order valence-corrected chi connectivity index (χ4v) is 6.22. The first kappa shape index (κ1) is 35.7. The van der Waals surface area contributed by atoms with Crippen molar-refractivity contribution in [2.75, 3.05) is 10.6 Å². The Hall–Kier alpha value is -2.76. The number of anilines is 4. The summed E-state index contributed by atoms with van der Waals surface area (Å²) in [6, 6.07) is 12.8. The maximum absolute atomic E-state index is 13.9. The van der Waals surface area contributed by atoms with Gasteiger partial charge < -0.3 is 20.8 Å². The van der Waals surface area contributed by atoms with Crippen LogP contribution in [0.2, 0.25) is 0 Å². The molecule has 6 N–H and O–H groups in total. The molecule has 44 heavy (non-hydrogen) atoms. The predicted octanol–water partition coefficient (Wildman–Crippen LogP) is 3.71. The number of hydrogen-bond donors (Lipinski definition) is 6. The average molecular weight is 657 g/mol. The summed E-state index contributed by atoms with van der Waals surface area (Å²) in [6.45, 7) is 3.20. The van der Waals surface area contributed by atoms with E-state index in [1.807, 2.05) is 0 Å². The molecule has 0 aliphatic heterocycles. The summed E-state index contributed by atoms with van der Waals surface area (Å²) in [4.78, 5) is 26.7. The number of phenolic OH excluding ortho intramolecular Hbond substituents is 2. The van der Waals surface area contributed by atoms with E-state index in [0.717, 1.165) is 12.1 Å². The first-order chi connectivity index (χ1) is 19.6. The maximum Gasteiger partial charge on any atom is 0.296 e. The van der Waals surface area contributed by atoms with Crippen molar-refractivity contribution in [1.82, 2.24) is 0 Å². The van der Waals surface area contributed by atoms with Gasteiger partial charge in [0.25, 0.3) is 20.2 Å². The van der Waals surface area contributed by atoms with Gasteiger partial charge in [-0.15, -0.1) is 0 Å². The average Bonchev–Trinajstić information content (AvgIpc) is 2.90. The molecule has 16 heteroatoms. The molecule has 0 saturated heterocycles. The van der Waals surface area contributed by atoms with Crippen molar-refractivity contribution in [3.63, 3.8) is 0 Å². The van der Waals surface area contributed by atoms with Crippen molar-refractivity contribution in [2.45, 2.75) is 23.6 Å². The van der Waals surface area contributed by atoms with Crippen LogP contribution >= 0.6 is 0 Å². The van der Waals surface area contributed by atoms with Crippen LogP contribution in [0.1, 0.15) is 43.0 Å². The first-order valence-electron chi connectivity index (χ1n) is 12.1. The standard InChI is InChI=1S/C28H22N2O10S2.2Na/c1-13-3-5-15(21(11-13)41(35,36)37)29-17-7-8-18(30-16-6-4-14(2)12-22(16)42(38,39)40)24-23(17)27(33)25-19(31)9-10-20(32)26(25)28(24)34;;/h3-12,29-32H,1-2H3,(H,35,36,37)(H,38,39,40);;. The molecule has 218 valence electrons. The van der Waals surface area contributed by atoms with E-state index in [-0.39, 0.29) is 93.0 Å². The van der Waals surface area contributed by atoms with Crippen molar-refractivity contribution < 1.29 is 45.7 Å². The van der Waals surface area contributed by atoms with E-state index in [9.17, 15) is 45.7 Å². The third kappa shape index (κ3) is 6.60. The summed E-state index contributed by atoms with van der Waals surface area (Å²) >= 11 is 0. The number of fused-ring (bicyclic) bond motifs is 2. The normalized spacial score (nSPS) is 12.4. The van der Waals surface area contributed by atoms with Crippen molar-refractivity contribution >= 4 is 114 Å². The fraction of sp³-hybridized carbons (Fsp3) is 0.0714. The number of carbonyl (C=O) groups excluding carboxylic acids is 2. The van der Waals surface area contributed by atoms with Crippen LogP contribution < -0.4 is 10.6 Å². The van der Waals surface area contributed by atoms with Crippen LogP contribution in [0, 0.1) is 13.8 Å². The molecule has 0 aromatic heterocycles. The van der Waals surface area contributed by atoms with Gasteiger partial charge in [-0.2, -0.15) is 16.8 Å². The van der Waals surface area contributed by atoms with Crippen LogP contribution in [0.5, 0.6) is 11.5 Å². The van der Waals surface area contributed by atoms with E-state index in [0.29, 0.717) is 11.1 Å². The summed E-state index contributed by atoms with van der Waals surface area (Å²) < 4.78 is 68.0. The van der Waals surface area contributed by atoms with E-state index in [1.165, 1.54) is 36.4 Å². The van der Waals surface area contributed by atoms with Crippen LogP contribution in [0.4, 0.5) is 22.7 Å². The van der Waals surface area contributed by atoms with Crippen molar-refractivity contribution in [2.24, 2.45) is 0 Å². The number of ketones is 2. The molecule has 4 aromatic carbocycles. The van der Waals surface area contributed by atoms with Crippen LogP contribution in [0.15, 0.2) is 70.5 Å². The molecule has 0 atom stereocenters. The zero-order valence-electron chi connectivity index (χ0n) is 23.8. The number of benzene rings is 4. The Bertz CT molecular complexity index is 1940. The van der Waals surface area contributed by atoms with Gasteiger partial charge in [-0.3, -0.25) is 18.7 Å². The van der Waals surface area contributed by atoms with E-state index in [4.69, 9.17) is 0 Å². The Morgan fingerprint density at radius 1 is 0.523 bits per heavy atom. The number of aromatic hydroxyl groups is 2. The topological polar surface area (TPSA) is 207 Å². The van der Waals surface area contributed by atoms with E-state index in [2.05, 4.69) is 10.6 Å². The molecule has 0 fully saturated rings. The molecule has 5 rings (SSSR count). The van der Waals surface area contributed by atoms with Gasteiger partial charge in [-0.25, -0.2) is 0 Å². The minimum atomic E-state index is -4.73. The number of aryl methyl sites for hydroxylation is 2. The number of nitrogens with one attached hydrogen (secondary N) is 2. The molecular formula is C28H22N2Na2O10S2. The molecule has 2 radical (unpaired) electrons. The molecule has 0 heterocycles. The molecule has 0 amide bonds. The smallest absolute Gasteiger partial charge is 0.296 e. The minimum Gasteiger partial charge on any atom is -0.507 e. The second-order valence-electron chi connectivity index (χ2n) is 9.62. The molecular weight excluding hydrogens is 634 g/mol. The van der Waals surface area contributed by atoms with Gasteiger partial charge in [0.05, 0.1) is 45.0 Å². The van der Waals surface area contributed by atoms with Gasteiger partial charge in [0, 0.05) is 59.1 Å². The third-order valence-corrected chi connectivity index (χ3v) is 8.43. The van der Waals surface area contributed by atoms with Gasteiger partial charge in [0.2, 0.25) is 11.6 Å². The van der Waals surface area contributed by atoms with Gasteiger partial charge in [0.1, 0.15) is 21.3 Å². The van der Waals surface area contributed by atoms with E-state index in [1.54, 1.807) is 26.0 Å². The number of phenols is 2. The SMILES string of the molecule is Cc1ccc(Nc2ccc(Nc3ccc(C)cc3S(=O)(=O)O)c3c2C(=O)c2c(O)ccc(O)c2C3=O)c(S(=O)(=O)O)c1.[Na].[Na]. The quantitative estimate of drug-likeness (QED) is 0.0879. The van der Waals surface area contributed by atoms with Crippen LogP contribution in [0.25, 0.3) is 0 Å². The van der Waals surface area contributed by atoms with E-state index < -0.39 is 64.2 Å². The Balaban J connectivity index is 0.00000264. The van der Waals surface area contributed by atoms with Crippen LogP contribution in [-0.2, 0) is 20.2 Å². The zero-order valence-corrected chi connectivity index (χ0v) is 29.5. The van der Waals surface area contributed by atoms with Gasteiger partial charge in [-0.1, -0.05) is 12.1 Å². The predicted molar refractivity (Wildman–Crippen MR) is 163 cm³/mol. The van der Waals surface area contributed by atoms with Gasteiger partial charge >= 0.3 is 0 Å². The fourth-order valence-electron chi connectivity index (χ4n) is 4.76. The first-order valence-corrected chi connectivity index (χ1v) is 15.0. The molecule has 0 saturated carbocycles. The second-order valence-corrected chi connectivity index (χ2v) is 12.4. The molecule has 1 aliphatic carbocycles. The molecule has 12 nitrogen and oxygen atoms in total. The molecule has 4 aromatic rings. The van der Waals surface area contributed by atoms with Gasteiger partial charge in [0.15, 0.2) is 0 Å². The van der Waals surface area contributed by atoms with Crippen LogP contribution in [0.3, 0.4) is 0 Å². The van der Waals surface area contributed by atoms with Crippen molar-refractivity contribution in [1.29, 1.82) is 0 Å². The Kier molecular flexibility index (Phi) is 10.5. The summed E-state index contributed by atoms with van der Waals surface area (Å²) in [6.07, 6.45) is 0. The number of hydrogen-bond acceptors (Lipinski definition) is 10. The van der Waals surface area contributed by atoms with Crippen LogP contribution in [-0.4, -0.2) is 107 Å². The molecule has 0 unspecified atom stereocenters. The van der Waals surface area contributed by atoms with Gasteiger partial charge in [-0.05, 0) is 73.5 Å². The third-order valence-electron chi connectivity index (χ3n) is 6.64. The Labute approximate surface area is 296 Å². The summed E-state index contributed by atoms with van der Waals surface area (Å²) in [5.74, 6) is -3.04. The van der Waals surface area contributed by atoms with Crippen molar-refractivity contribution in [3.8, 4) is 11.5 Å². The Morgan fingerprint density at radius 3 is 1.16 bits per heavy atom. The summed E-state index contributed by atoms with van der Waals surface area (Å²) in [5.41, 5.74) is -1.16. The number of rotatable bonds is 6. The second kappa shape index (κ2) is 12.9. The monoisotopic (exact) mass is 656 g/mol. The summed E-state index contributed by atoms with van der Waals surface area (Å²) in [5, 5.41) is 26.5. The molecule has 1 aliphatic rings. The molecule has 0 bridgehead atoms. The zero-order chi connectivity index (χ0) is 30.7. The number of carbonyl (C=O) groups is 2.